The Hall–Kier alpha value is -3.52. The van der Waals surface area contributed by atoms with Crippen LogP contribution in [0.5, 0.6) is 0 Å². The van der Waals surface area contributed by atoms with Gasteiger partial charge in [-0.1, -0.05) is 48.5 Å². The van der Waals surface area contributed by atoms with E-state index in [0.717, 1.165) is 5.56 Å². The minimum atomic E-state index is -0.370. The van der Waals surface area contributed by atoms with E-state index in [4.69, 9.17) is 4.74 Å². The number of nitrogens with one attached hydrogen (secondary N) is 1. The summed E-state index contributed by atoms with van der Waals surface area (Å²) in [5.41, 5.74) is 2.07. The number of aromatic nitrogens is 1. The summed E-state index contributed by atoms with van der Waals surface area (Å²) in [5, 5.41) is 4.93. The third-order valence-corrected chi connectivity index (χ3v) is 5.33. The minimum Gasteiger partial charge on any atom is -0.469 e. The van der Waals surface area contributed by atoms with Gasteiger partial charge in [-0.2, -0.15) is 0 Å². The van der Waals surface area contributed by atoms with Crippen molar-refractivity contribution in [1.29, 1.82) is 0 Å². The molecular formula is C23H23N3O4S. The van der Waals surface area contributed by atoms with Crippen LogP contribution in [0.1, 0.15) is 28.0 Å². The molecule has 0 atom stereocenters. The predicted molar refractivity (Wildman–Crippen MR) is 119 cm³/mol. The summed E-state index contributed by atoms with van der Waals surface area (Å²) in [7, 11) is 1.33. The number of hydrogen-bond acceptors (Lipinski definition) is 6. The fourth-order valence-electron chi connectivity index (χ4n) is 2.90. The highest BCUT2D eigenvalue weighted by atomic mass is 32.1. The number of rotatable bonds is 9. The van der Waals surface area contributed by atoms with Crippen molar-refractivity contribution in [1.82, 2.24) is 9.88 Å². The summed E-state index contributed by atoms with van der Waals surface area (Å²) in [6.45, 7) is 0.639. The lowest BCUT2D eigenvalue weighted by molar-refractivity contribution is -0.141. The summed E-state index contributed by atoms with van der Waals surface area (Å²) >= 11 is 1.26. The number of esters is 1. The molecule has 1 heterocycles. The van der Waals surface area contributed by atoms with Crippen LogP contribution in [0.15, 0.2) is 66.0 Å². The van der Waals surface area contributed by atoms with E-state index in [0.29, 0.717) is 22.9 Å². The highest BCUT2D eigenvalue weighted by molar-refractivity contribution is 7.14. The number of hydrogen-bond donors (Lipinski definition) is 1. The largest absolute Gasteiger partial charge is 0.469 e. The van der Waals surface area contributed by atoms with Crippen molar-refractivity contribution >= 4 is 34.3 Å². The zero-order chi connectivity index (χ0) is 22.1. The molecule has 31 heavy (non-hydrogen) atoms. The fraction of sp³-hybridized carbons (Fsp3) is 0.217. The molecule has 0 saturated carbocycles. The number of methoxy groups -OCH3 is 1. The number of thiazole rings is 1. The summed E-state index contributed by atoms with van der Waals surface area (Å²) in [6.07, 6.45) is 0.191. The van der Waals surface area contributed by atoms with Gasteiger partial charge in [-0.15, -0.1) is 11.3 Å². The van der Waals surface area contributed by atoms with Gasteiger partial charge in [-0.3, -0.25) is 19.7 Å². The summed E-state index contributed by atoms with van der Waals surface area (Å²) in [4.78, 5) is 42.7. The van der Waals surface area contributed by atoms with Gasteiger partial charge < -0.3 is 9.64 Å². The Labute approximate surface area is 184 Å². The molecule has 0 aliphatic rings. The van der Waals surface area contributed by atoms with Gasteiger partial charge in [-0.05, 0) is 17.7 Å². The third-order valence-electron chi connectivity index (χ3n) is 4.52. The van der Waals surface area contributed by atoms with Crippen LogP contribution in [0.4, 0.5) is 5.13 Å². The molecule has 0 radical (unpaired) electrons. The number of amides is 2. The van der Waals surface area contributed by atoms with Crippen molar-refractivity contribution in [3.8, 4) is 0 Å². The summed E-state index contributed by atoms with van der Waals surface area (Å²) in [6, 6.07) is 18.4. The van der Waals surface area contributed by atoms with E-state index >= 15 is 0 Å². The number of nitrogens with zero attached hydrogens (tertiary/aromatic N) is 2. The molecule has 160 valence electrons. The van der Waals surface area contributed by atoms with Crippen molar-refractivity contribution in [2.45, 2.75) is 19.4 Å². The summed E-state index contributed by atoms with van der Waals surface area (Å²) in [5.74, 6) is -0.777. The van der Waals surface area contributed by atoms with E-state index in [1.165, 1.54) is 18.4 Å². The highest BCUT2D eigenvalue weighted by Crippen LogP contribution is 2.18. The average molecular weight is 438 g/mol. The van der Waals surface area contributed by atoms with Gasteiger partial charge in [0.05, 0.1) is 25.6 Å². The van der Waals surface area contributed by atoms with Gasteiger partial charge >= 0.3 is 5.97 Å². The molecule has 1 aromatic heterocycles. The second-order valence-corrected chi connectivity index (χ2v) is 7.63. The molecule has 3 aromatic rings. The molecule has 8 heteroatoms. The van der Waals surface area contributed by atoms with Crippen molar-refractivity contribution < 1.29 is 19.1 Å². The van der Waals surface area contributed by atoms with Crippen molar-refractivity contribution in [3.05, 3.63) is 82.9 Å². The van der Waals surface area contributed by atoms with Crippen LogP contribution in [0.2, 0.25) is 0 Å². The maximum atomic E-state index is 12.9. The van der Waals surface area contributed by atoms with E-state index in [2.05, 4.69) is 10.3 Å². The predicted octanol–water partition coefficient (Wildman–Crippen LogP) is 3.53. The zero-order valence-corrected chi connectivity index (χ0v) is 17.9. The van der Waals surface area contributed by atoms with E-state index in [-0.39, 0.29) is 37.2 Å². The Bertz CT molecular complexity index is 1020. The first kappa shape index (κ1) is 22.2. The minimum absolute atomic E-state index is 0.0751. The normalized spacial score (nSPS) is 10.4. The molecule has 2 amide bonds. The van der Waals surface area contributed by atoms with Gasteiger partial charge in [-0.25, -0.2) is 4.98 Å². The number of anilines is 1. The van der Waals surface area contributed by atoms with Crippen molar-refractivity contribution in [3.63, 3.8) is 0 Å². The molecule has 0 saturated heterocycles. The molecule has 0 unspecified atom stereocenters. The fourth-order valence-corrected chi connectivity index (χ4v) is 3.60. The molecule has 0 aliphatic carbocycles. The smallest absolute Gasteiger partial charge is 0.307 e. The second-order valence-electron chi connectivity index (χ2n) is 6.77. The molecule has 0 aliphatic heterocycles. The van der Waals surface area contributed by atoms with Gasteiger partial charge in [0.1, 0.15) is 0 Å². The standard InChI is InChI=1S/C23H23N3O4S/c1-30-21(28)12-13-26(15-17-8-4-2-5-9-17)20(27)14-19-16-31-23(24-19)25-22(29)18-10-6-3-7-11-18/h2-11,16H,12-15H2,1H3,(H,24,25,29). The Kier molecular flexibility index (Phi) is 7.89. The lowest BCUT2D eigenvalue weighted by Gasteiger charge is -2.22. The summed E-state index contributed by atoms with van der Waals surface area (Å²) < 4.78 is 4.70. The van der Waals surface area contributed by atoms with Crippen molar-refractivity contribution in [2.24, 2.45) is 0 Å². The van der Waals surface area contributed by atoms with Crippen LogP contribution < -0.4 is 5.32 Å². The lowest BCUT2D eigenvalue weighted by Crippen LogP contribution is -2.34. The number of carbonyl (C=O) groups is 3. The first-order chi connectivity index (χ1) is 15.0. The topological polar surface area (TPSA) is 88.6 Å². The molecule has 0 spiro atoms. The van der Waals surface area contributed by atoms with Gasteiger partial charge in [0.2, 0.25) is 5.91 Å². The molecule has 0 fully saturated rings. The van der Waals surface area contributed by atoms with E-state index in [1.807, 2.05) is 36.4 Å². The molecular weight excluding hydrogens is 414 g/mol. The SMILES string of the molecule is COC(=O)CCN(Cc1ccccc1)C(=O)Cc1csc(NC(=O)c2ccccc2)n1. The van der Waals surface area contributed by atoms with Crippen LogP contribution in [-0.2, 0) is 27.3 Å². The lowest BCUT2D eigenvalue weighted by atomic mass is 10.2. The molecule has 7 nitrogen and oxygen atoms in total. The zero-order valence-electron chi connectivity index (χ0n) is 17.1. The highest BCUT2D eigenvalue weighted by Gasteiger charge is 2.18. The molecule has 0 bridgehead atoms. The maximum absolute atomic E-state index is 12.9. The third kappa shape index (κ3) is 6.75. The van der Waals surface area contributed by atoms with Gasteiger partial charge in [0.15, 0.2) is 5.13 Å². The van der Waals surface area contributed by atoms with Crippen LogP contribution >= 0.6 is 11.3 Å². The van der Waals surface area contributed by atoms with Gasteiger partial charge in [0.25, 0.3) is 5.91 Å². The van der Waals surface area contributed by atoms with Crippen LogP contribution in [0, 0.1) is 0 Å². The van der Waals surface area contributed by atoms with Crippen LogP contribution in [0.3, 0.4) is 0 Å². The number of benzene rings is 2. The Morgan fingerprint density at radius 2 is 1.71 bits per heavy atom. The van der Waals surface area contributed by atoms with E-state index in [1.54, 1.807) is 34.5 Å². The maximum Gasteiger partial charge on any atom is 0.307 e. The average Bonchev–Trinajstić information content (AvgIpc) is 3.24. The van der Waals surface area contributed by atoms with E-state index < -0.39 is 0 Å². The van der Waals surface area contributed by atoms with Gasteiger partial charge in [0, 0.05) is 24.0 Å². The van der Waals surface area contributed by atoms with Crippen LogP contribution in [-0.4, -0.2) is 41.3 Å². The molecule has 3 rings (SSSR count). The first-order valence-corrected chi connectivity index (χ1v) is 10.6. The number of carbonyl (C=O) groups excluding carboxylic acids is 3. The van der Waals surface area contributed by atoms with Crippen LogP contribution in [0.25, 0.3) is 0 Å². The Balaban J connectivity index is 1.63. The van der Waals surface area contributed by atoms with Crippen molar-refractivity contribution in [2.75, 3.05) is 19.0 Å². The number of ether oxygens (including phenoxy) is 1. The molecule has 1 N–H and O–H groups in total. The van der Waals surface area contributed by atoms with E-state index in [9.17, 15) is 14.4 Å². The monoisotopic (exact) mass is 437 g/mol. The quantitative estimate of drug-likeness (QED) is 0.518. The Morgan fingerprint density at radius 3 is 2.39 bits per heavy atom. The molecule has 2 aromatic carbocycles. The second kappa shape index (κ2) is 11.0. The Morgan fingerprint density at radius 1 is 1.03 bits per heavy atom. The first-order valence-electron chi connectivity index (χ1n) is 9.74.